The van der Waals surface area contributed by atoms with E-state index in [0.29, 0.717) is 30.8 Å². The summed E-state index contributed by atoms with van der Waals surface area (Å²) < 4.78 is 11.0. The first kappa shape index (κ1) is 27.1. The molecule has 2 aromatic rings. The van der Waals surface area contributed by atoms with Crippen molar-refractivity contribution in [3.8, 4) is 0 Å². The van der Waals surface area contributed by atoms with E-state index in [2.05, 4.69) is 5.32 Å². The van der Waals surface area contributed by atoms with Crippen LogP contribution in [0.4, 0.5) is 5.69 Å². The number of nitrogens with one attached hydrogen (secondary N) is 1. The fourth-order valence-electron chi connectivity index (χ4n) is 4.28. The minimum atomic E-state index is -0.492. The zero-order chi connectivity index (χ0) is 25.1. The standard InChI is InChI=1S/C27H36N2O5/c1-6-23(26(31)28-25-20(5)14-13-17-22(25)27(32)33-9-4)29(7-2,8-3)18-24(30)34-19-21-15-11-10-12-16-21/h10-17,23H,6-9,18-19H2,1-5H3/p+1. The molecule has 7 nitrogen and oxygen atoms in total. The Bertz CT molecular complexity index is 970. The molecule has 0 aliphatic rings. The molecule has 0 radical (unpaired) electrons. The van der Waals surface area contributed by atoms with Gasteiger partial charge in [-0.25, -0.2) is 9.59 Å². The number of quaternary nitrogens is 1. The molecule has 1 atom stereocenters. The third-order valence-electron chi connectivity index (χ3n) is 6.31. The summed E-state index contributed by atoms with van der Waals surface area (Å²) in [6.07, 6.45) is 0.528. The fourth-order valence-corrected chi connectivity index (χ4v) is 4.28. The molecule has 0 heterocycles. The van der Waals surface area contributed by atoms with Crippen LogP contribution in [0.2, 0.25) is 0 Å². The Morgan fingerprint density at radius 3 is 2.18 bits per heavy atom. The Kier molecular flexibility index (Phi) is 10.3. The largest absolute Gasteiger partial charge is 0.462 e. The molecule has 34 heavy (non-hydrogen) atoms. The average molecular weight is 470 g/mol. The summed E-state index contributed by atoms with van der Waals surface area (Å²) in [4.78, 5) is 38.8. The van der Waals surface area contributed by atoms with Crippen LogP contribution in [-0.2, 0) is 25.7 Å². The summed E-state index contributed by atoms with van der Waals surface area (Å²) in [5.74, 6) is -1.06. The second kappa shape index (κ2) is 12.9. The second-order valence-electron chi connectivity index (χ2n) is 8.29. The molecule has 1 N–H and O–H groups in total. The van der Waals surface area contributed by atoms with E-state index in [1.165, 1.54) is 0 Å². The van der Waals surface area contributed by atoms with Crippen LogP contribution in [0.15, 0.2) is 48.5 Å². The van der Waals surface area contributed by atoms with Gasteiger partial charge in [-0.05, 0) is 44.9 Å². The Hall–Kier alpha value is -3.19. The molecule has 1 unspecified atom stereocenters. The van der Waals surface area contributed by atoms with Crippen molar-refractivity contribution in [1.82, 2.24) is 0 Å². The molecule has 7 heteroatoms. The van der Waals surface area contributed by atoms with Gasteiger partial charge in [-0.2, -0.15) is 0 Å². The predicted octanol–water partition coefficient (Wildman–Crippen LogP) is 4.49. The van der Waals surface area contributed by atoms with E-state index < -0.39 is 12.0 Å². The van der Waals surface area contributed by atoms with Crippen LogP contribution >= 0.6 is 0 Å². The predicted molar refractivity (Wildman–Crippen MR) is 132 cm³/mol. The van der Waals surface area contributed by atoms with E-state index in [1.54, 1.807) is 19.1 Å². The molecule has 0 bridgehead atoms. The first-order valence-corrected chi connectivity index (χ1v) is 11.9. The van der Waals surface area contributed by atoms with Crippen molar-refractivity contribution in [2.45, 2.75) is 53.7 Å². The van der Waals surface area contributed by atoms with Crippen LogP contribution in [0.3, 0.4) is 0 Å². The first-order valence-electron chi connectivity index (χ1n) is 11.9. The molecule has 2 aromatic carbocycles. The number of hydrogen-bond acceptors (Lipinski definition) is 5. The van der Waals surface area contributed by atoms with E-state index in [4.69, 9.17) is 9.47 Å². The van der Waals surface area contributed by atoms with Crippen molar-refractivity contribution in [3.05, 3.63) is 65.2 Å². The van der Waals surface area contributed by atoms with Crippen LogP contribution in [0.5, 0.6) is 0 Å². The fraction of sp³-hybridized carbons (Fsp3) is 0.444. The Labute approximate surface area is 202 Å². The maximum absolute atomic E-state index is 13.5. The van der Waals surface area contributed by atoms with Gasteiger partial charge < -0.3 is 19.3 Å². The van der Waals surface area contributed by atoms with Crippen LogP contribution in [-0.4, -0.2) is 54.6 Å². The lowest BCUT2D eigenvalue weighted by atomic mass is 10.0. The first-order chi connectivity index (χ1) is 16.3. The lowest BCUT2D eigenvalue weighted by Crippen LogP contribution is -2.61. The summed E-state index contributed by atoms with van der Waals surface area (Å²) in [6.45, 7) is 11.2. The number of benzene rings is 2. The highest BCUT2D eigenvalue weighted by atomic mass is 16.5. The van der Waals surface area contributed by atoms with Crippen molar-refractivity contribution in [2.75, 3.05) is 31.6 Å². The summed E-state index contributed by atoms with van der Waals surface area (Å²) >= 11 is 0. The van der Waals surface area contributed by atoms with Gasteiger partial charge in [0.2, 0.25) is 0 Å². The highest BCUT2D eigenvalue weighted by Gasteiger charge is 2.41. The lowest BCUT2D eigenvalue weighted by molar-refractivity contribution is -0.932. The van der Waals surface area contributed by atoms with Crippen LogP contribution in [0.25, 0.3) is 0 Å². The maximum Gasteiger partial charge on any atom is 0.362 e. The minimum Gasteiger partial charge on any atom is -0.462 e. The monoisotopic (exact) mass is 469 g/mol. The zero-order valence-electron chi connectivity index (χ0n) is 20.9. The Balaban J connectivity index is 2.23. The van der Waals surface area contributed by atoms with Crippen LogP contribution in [0.1, 0.15) is 55.6 Å². The Morgan fingerprint density at radius 1 is 0.912 bits per heavy atom. The number of aryl methyl sites for hydroxylation is 1. The number of amides is 1. The third kappa shape index (κ3) is 6.67. The molecular weight excluding hydrogens is 432 g/mol. The van der Waals surface area contributed by atoms with Crippen LogP contribution < -0.4 is 5.32 Å². The van der Waals surface area contributed by atoms with Gasteiger partial charge in [-0.15, -0.1) is 0 Å². The summed E-state index contributed by atoms with van der Waals surface area (Å²) in [5.41, 5.74) is 2.44. The van der Waals surface area contributed by atoms with Crippen molar-refractivity contribution in [1.29, 1.82) is 0 Å². The summed E-state index contributed by atoms with van der Waals surface area (Å²) in [5, 5.41) is 2.97. The number of likely N-dealkylation sites (N-methyl/N-ethyl adjacent to an activating group) is 1. The van der Waals surface area contributed by atoms with Crippen molar-refractivity contribution in [3.63, 3.8) is 0 Å². The molecular formula is C27H37N2O5+. The molecule has 0 fully saturated rings. The number of esters is 2. The molecule has 0 saturated carbocycles. The lowest BCUT2D eigenvalue weighted by Gasteiger charge is -2.41. The number of para-hydroxylation sites is 1. The van der Waals surface area contributed by atoms with Gasteiger partial charge in [0, 0.05) is 6.42 Å². The molecule has 0 aliphatic heterocycles. The van der Waals surface area contributed by atoms with Gasteiger partial charge in [0.25, 0.3) is 5.91 Å². The Morgan fingerprint density at radius 2 is 1.59 bits per heavy atom. The maximum atomic E-state index is 13.5. The SMILES string of the molecule is CCOC(=O)c1cccc(C)c1NC(=O)C(CC)[N+](CC)(CC)CC(=O)OCc1ccccc1. The number of anilines is 1. The second-order valence-corrected chi connectivity index (χ2v) is 8.29. The van der Waals surface area contributed by atoms with E-state index in [1.807, 2.05) is 64.1 Å². The number of carbonyl (C=O) groups excluding carboxylic acids is 3. The summed E-state index contributed by atoms with van der Waals surface area (Å²) in [7, 11) is 0. The number of carbonyl (C=O) groups is 3. The minimum absolute atomic E-state index is 0.0876. The van der Waals surface area contributed by atoms with Gasteiger partial charge >= 0.3 is 11.9 Å². The third-order valence-corrected chi connectivity index (χ3v) is 6.31. The molecule has 2 rings (SSSR count). The van der Waals surface area contributed by atoms with E-state index in [0.717, 1.165) is 11.1 Å². The molecule has 0 saturated heterocycles. The van der Waals surface area contributed by atoms with Gasteiger partial charge in [-0.3, -0.25) is 4.79 Å². The topological polar surface area (TPSA) is 81.7 Å². The van der Waals surface area contributed by atoms with Crippen molar-refractivity contribution >= 4 is 23.5 Å². The number of rotatable bonds is 12. The average Bonchev–Trinajstić information content (AvgIpc) is 2.84. The van der Waals surface area contributed by atoms with Crippen molar-refractivity contribution in [2.24, 2.45) is 0 Å². The molecule has 0 aromatic heterocycles. The smallest absolute Gasteiger partial charge is 0.362 e. The van der Waals surface area contributed by atoms with Gasteiger partial charge in [0.15, 0.2) is 12.6 Å². The highest BCUT2D eigenvalue weighted by molar-refractivity contribution is 6.03. The van der Waals surface area contributed by atoms with Gasteiger partial charge in [0.05, 0.1) is 30.9 Å². The highest BCUT2D eigenvalue weighted by Crippen LogP contribution is 2.25. The zero-order valence-corrected chi connectivity index (χ0v) is 20.9. The molecule has 0 spiro atoms. The number of nitrogens with zero attached hydrogens (tertiary/aromatic N) is 1. The molecule has 0 aliphatic carbocycles. The van der Waals surface area contributed by atoms with E-state index in [9.17, 15) is 14.4 Å². The van der Waals surface area contributed by atoms with Crippen LogP contribution in [0, 0.1) is 6.92 Å². The summed E-state index contributed by atoms with van der Waals surface area (Å²) in [6, 6.07) is 14.3. The number of ether oxygens (including phenoxy) is 2. The van der Waals surface area contributed by atoms with Crippen molar-refractivity contribution < 1.29 is 28.3 Å². The van der Waals surface area contributed by atoms with E-state index >= 15 is 0 Å². The molecule has 1 amide bonds. The van der Waals surface area contributed by atoms with Gasteiger partial charge in [0.1, 0.15) is 6.61 Å². The van der Waals surface area contributed by atoms with Gasteiger partial charge in [-0.1, -0.05) is 49.4 Å². The van der Waals surface area contributed by atoms with E-state index in [-0.39, 0.29) is 36.1 Å². The normalized spacial score (nSPS) is 12.0. The quantitative estimate of drug-likeness (QED) is 0.366. The molecule has 184 valence electrons. The number of hydrogen-bond donors (Lipinski definition) is 1.